The second kappa shape index (κ2) is 13.8. The molecule has 0 unspecified atom stereocenters. The molecular formula is C38H40N2O9. The normalized spacial score (nSPS) is 18.6. The Kier molecular flexibility index (Phi) is 9.18. The van der Waals surface area contributed by atoms with Gasteiger partial charge in [0.25, 0.3) is 5.56 Å². The molecule has 3 aliphatic heterocycles. The predicted molar refractivity (Wildman–Crippen MR) is 180 cm³/mol. The smallest absolute Gasteiger partial charge is 0.306 e. The van der Waals surface area contributed by atoms with Crippen LogP contribution < -0.4 is 25.2 Å². The Morgan fingerprint density at radius 3 is 2.73 bits per heavy atom. The fourth-order valence-electron chi connectivity index (χ4n) is 7.52. The van der Waals surface area contributed by atoms with Crippen molar-refractivity contribution in [2.45, 2.75) is 50.6 Å². The van der Waals surface area contributed by atoms with Gasteiger partial charge in [0.1, 0.15) is 11.5 Å². The number of ether oxygens (including phenoxy) is 4. The minimum absolute atomic E-state index is 0.0155. The van der Waals surface area contributed by atoms with Crippen molar-refractivity contribution >= 4 is 5.97 Å². The number of benzene rings is 2. The minimum Gasteiger partial charge on any atom is -0.502 e. The van der Waals surface area contributed by atoms with Gasteiger partial charge >= 0.3 is 5.97 Å². The Labute approximate surface area is 283 Å². The molecule has 7 rings (SSSR count). The first-order chi connectivity index (χ1) is 23.8. The van der Waals surface area contributed by atoms with E-state index in [1.54, 1.807) is 30.3 Å². The molecule has 0 amide bonds. The molecule has 0 saturated carbocycles. The number of nitrogens with zero attached hydrogens (tertiary/aromatic N) is 2. The van der Waals surface area contributed by atoms with Crippen molar-refractivity contribution in [3.8, 4) is 23.0 Å². The summed E-state index contributed by atoms with van der Waals surface area (Å²) in [5.74, 6) is 0.812. The van der Waals surface area contributed by atoms with E-state index >= 15 is 0 Å². The van der Waals surface area contributed by atoms with Crippen molar-refractivity contribution in [3.05, 3.63) is 115 Å². The molecule has 2 bridgehead atoms. The molecule has 2 aromatic carbocycles. The highest BCUT2D eigenvalue weighted by atomic mass is 16.5. The van der Waals surface area contributed by atoms with Crippen LogP contribution in [0, 0.1) is 5.92 Å². The van der Waals surface area contributed by atoms with Gasteiger partial charge < -0.3 is 33.0 Å². The van der Waals surface area contributed by atoms with Crippen LogP contribution in [0.15, 0.2) is 74.7 Å². The molecule has 49 heavy (non-hydrogen) atoms. The maximum atomic E-state index is 13.1. The lowest BCUT2D eigenvalue weighted by Crippen LogP contribution is -2.46. The van der Waals surface area contributed by atoms with Crippen LogP contribution in [0.3, 0.4) is 0 Å². The number of hydrogen-bond donors (Lipinski definition) is 1. The minimum atomic E-state index is -0.837. The van der Waals surface area contributed by atoms with Crippen LogP contribution in [-0.2, 0) is 35.5 Å². The number of esters is 1. The number of fused-ring (bicyclic) bond motifs is 5. The summed E-state index contributed by atoms with van der Waals surface area (Å²) in [6, 6.07) is 18.2. The van der Waals surface area contributed by atoms with Gasteiger partial charge in [0.05, 0.1) is 46.3 Å². The third kappa shape index (κ3) is 6.80. The number of pyridine rings is 1. The standard InChI is InChI=1S/C38H40N2O9/c1-45-34-16-25(7-9-33(34)48-12-10-23-6-8-32-26(14-23)11-13-47-32)29(18-36(43)46-2)38-37(44)31(41)17-28(49-38)22-39-19-24-15-27(21-39)30-4-3-5-35(42)40(30)20-24/h3-9,14,16-17,24,27,29,44H,10-13,15,18-22H2,1-2H3/t24-,27+,29+/m0/s1. The monoisotopic (exact) mass is 668 g/mol. The molecule has 256 valence electrons. The van der Waals surface area contributed by atoms with E-state index in [0.717, 1.165) is 36.4 Å². The average molecular weight is 669 g/mol. The zero-order valence-corrected chi connectivity index (χ0v) is 27.7. The zero-order valence-electron chi connectivity index (χ0n) is 27.7. The third-order valence-electron chi connectivity index (χ3n) is 9.84. The summed E-state index contributed by atoms with van der Waals surface area (Å²) in [5, 5.41) is 11.0. The number of aromatic nitrogens is 1. The number of piperidine rings is 1. The Hall–Kier alpha value is -5.03. The lowest BCUT2D eigenvalue weighted by Gasteiger charge is -2.42. The number of likely N-dealkylation sites (tertiary alicyclic amines) is 1. The van der Waals surface area contributed by atoms with Crippen molar-refractivity contribution in [1.82, 2.24) is 9.47 Å². The van der Waals surface area contributed by atoms with Crippen molar-refractivity contribution in [2.75, 3.05) is 40.5 Å². The number of aromatic hydroxyl groups is 1. The highest BCUT2D eigenvalue weighted by molar-refractivity contribution is 5.71. The van der Waals surface area contributed by atoms with E-state index in [-0.39, 0.29) is 29.6 Å². The average Bonchev–Trinajstić information content (AvgIpc) is 3.57. The molecule has 11 heteroatoms. The Bertz CT molecular complexity index is 1980. The molecule has 0 spiro atoms. The Morgan fingerprint density at radius 2 is 1.90 bits per heavy atom. The topological polar surface area (TPSA) is 130 Å². The molecule has 1 N–H and O–H groups in total. The van der Waals surface area contributed by atoms with Gasteiger partial charge in [-0.3, -0.25) is 19.3 Å². The molecule has 2 aromatic heterocycles. The van der Waals surface area contributed by atoms with E-state index < -0.39 is 23.1 Å². The first-order valence-corrected chi connectivity index (χ1v) is 16.7. The molecule has 1 fully saturated rings. The highest BCUT2D eigenvalue weighted by Gasteiger charge is 2.35. The van der Waals surface area contributed by atoms with Gasteiger partial charge in [-0.05, 0) is 53.3 Å². The van der Waals surface area contributed by atoms with E-state index in [9.17, 15) is 19.5 Å². The van der Waals surface area contributed by atoms with Crippen LogP contribution in [-0.4, -0.2) is 61.1 Å². The summed E-state index contributed by atoms with van der Waals surface area (Å²) in [7, 11) is 2.82. The molecule has 4 aromatic rings. The maximum Gasteiger partial charge on any atom is 0.306 e. The van der Waals surface area contributed by atoms with Crippen molar-refractivity contribution in [1.29, 1.82) is 0 Å². The molecule has 0 radical (unpaired) electrons. The van der Waals surface area contributed by atoms with Gasteiger partial charge in [-0.25, -0.2) is 0 Å². The summed E-state index contributed by atoms with van der Waals surface area (Å²) in [5.41, 5.74) is 3.39. The summed E-state index contributed by atoms with van der Waals surface area (Å²) in [6.45, 7) is 3.55. The summed E-state index contributed by atoms with van der Waals surface area (Å²) in [6.07, 6.45) is 2.42. The first-order valence-electron chi connectivity index (χ1n) is 16.7. The van der Waals surface area contributed by atoms with Crippen molar-refractivity contribution in [3.63, 3.8) is 0 Å². The molecule has 5 heterocycles. The molecule has 3 aliphatic rings. The van der Waals surface area contributed by atoms with E-state index in [2.05, 4.69) is 11.0 Å². The second-order valence-corrected chi connectivity index (χ2v) is 13.1. The van der Waals surface area contributed by atoms with E-state index in [0.29, 0.717) is 62.1 Å². The molecule has 3 atom stereocenters. The number of rotatable bonds is 11. The van der Waals surface area contributed by atoms with Crippen LogP contribution >= 0.6 is 0 Å². The summed E-state index contributed by atoms with van der Waals surface area (Å²) >= 11 is 0. The van der Waals surface area contributed by atoms with Gasteiger partial charge in [0, 0.05) is 56.2 Å². The quantitative estimate of drug-likeness (QED) is 0.230. The fraction of sp³-hybridized carbons (Fsp3) is 0.395. The summed E-state index contributed by atoms with van der Waals surface area (Å²) in [4.78, 5) is 40.5. The van der Waals surface area contributed by atoms with E-state index in [1.165, 1.54) is 25.8 Å². The number of methoxy groups -OCH3 is 2. The zero-order chi connectivity index (χ0) is 34.1. The van der Waals surface area contributed by atoms with Crippen LogP contribution in [0.5, 0.6) is 23.0 Å². The number of carbonyl (C=O) groups excluding carboxylic acids is 1. The van der Waals surface area contributed by atoms with Gasteiger partial charge in [0.2, 0.25) is 11.2 Å². The fourth-order valence-corrected chi connectivity index (χ4v) is 7.52. The largest absolute Gasteiger partial charge is 0.502 e. The van der Waals surface area contributed by atoms with E-state index in [4.69, 9.17) is 23.4 Å². The van der Waals surface area contributed by atoms with Crippen LogP contribution in [0.25, 0.3) is 0 Å². The number of hydrogen-bond acceptors (Lipinski definition) is 10. The second-order valence-electron chi connectivity index (χ2n) is 13.1. The molecule has 0 aliphatic carbocycles. The number of carbonyl (C=O) groups is 1. The maximum absolute atomic E-state index is 13.1. The van der Waals surface area contributed by atoms with E-state index in [1.807, 2.05) is 22.8 Å². The summed E-state index contributed by atoms with van der Waals surface area (Å²) < 4.78 is 30.5. The lowest BCUT2D eigenvalue weighted by molar-refractivity contribution is -0.140. The Morgan fingerprint density at radius 1 is 1.02 bits per heavy atom. The van der Waals surface area contributed by atoms with Crippen molar-refractivity contribution < 1.29 is 33.3 Å². The van der Waals surface area contributed by atoms with Crippen LogP contribution in [0.1, 0.15) is 58.6 Å². The van der Waals surface area contributed by atoms with Gasteiger partial charge in [-0.15, -0.1) is 0 Å². The lowest BCUT2D eigenvalue weighted by atomic mass is 9.83. The predicted octanol–water partition coefficient (Wildman–Crippen LogP) is 4.39. The highest BCUT2D eigenvalue weighted by Crippen LogP contribution is 2.39. The molecular weight excluding hydrogens is 628 g/mol. The molecule has 1 saturated heterocycles. The third-order valence-corrected chi connectivity index (χ3v) is 9.84. The Balaban J connectivity index is 1.11. The van der Waals surface area contributed by atoms with Crippen LogP contribution in [0.2, 0.25) is 0 Å². The first kappa shape index (κ1) is 32.5. The van der Waals surface area contributed by atoms with Crippen molar-refractivity contribution in [2.24, 2.45) is 5.92 Å². The van der Waals surface area contributed by atoms with Gasteiger partial charge in [-0.2, -0.15) is 0 Å². The van der Waals surface area contributed by atoms with Crippen LogP contribution in [0.4, 0.5) is 0 Å². The van der Waals surface area contributed by atoms with Gasteiger partial charge in [0.15, 0.2) is 17.3 Å². The SMILES string of the molecule is COC(=O)C[C@H](c1ccc(OCCc2ccc3c(c2)CCO3)c(OC)c1)c1oc(CN2C[C@@H]3C[C@H](C2)c2cccc(=O)n2C3)cc(=O)c1O. The molecule has 11 nitrogen and oxygen atoms in total. The van der Waals surface area contributed by atoms with Gasteiger partial charge in [-0.1, -0.05) is 24.3 Å².